The van der Waals surface area contributed by atoms with E-state index in [-0.39, 0.29) is 17.3 Å². The molecule has 0 bridgehead atoms. The maximum Gasteiger partial charge on any atom is 0.178 e. The fourth-order valence-electron chi connectivity index (χ4n) is 1.77. The molecule has 0 amide bonds. The second-order valence-corrected chi connectivity index (χ2v) is 4.59. The first-order valence-electron chi connectivity index (χ1n) is 6.64. The van der Waals surface area contributed by atoms with Crippen molar-refractivity contribution >= 4 is 17.9 Å². The van der Waals surface area contributed by atoms with Crippen LogP contribution in [-0.4, -0.2) is 23.1 Å². The van der Waals surface area contributed by atoms with E-state index in [1.807, 2.05) is 24.3 Å². The Kier molecular flexibility index (Phi) is 4.98. The number of carbonyl (C=O) groups excluding carboxylic acids is 1. The molecule has 2 aromatic rings. The summed E-state index contributed by atoms with van der Waals surface area (Å²) in [6.45, 7) is 0. The molecule has 2 rings (SSSR count). The van der Waals surface area contributed by atoms with Crippen molar-refractivity contribution in [3.8, 4) is 17.2 Å². The van der Waals surface area contributed by atoms with E-state index in [1.165, 1.54) is 24.3 Å². The van der Waals surface area contributed by atoms with Crippen LogP contribution in [0.4, 0.5) is 0 Å². The monoisotopic (exact) mass is 296 g/mol. The highest BCUT2D eigenvalue weighted by Crippen LogP contribution is 2.25. The Morgan fingerprint density at radius 1 is 0.909 bits per heavy atom. The van der Waals surface area contributed by atoms with Gasteiger partial charge in [0.15, 0.2) is 17.3 Å². The Morgan fingerprint density at radius 2 is 1.50 bits per heavy atom. The molecule has 0 aliphatic carbocycles. The normalized spacial score (nSPS) is 11.1. The minimum atomic E-state index is -0.219. The zero-order valence-electron chi connectivity index (χ0n) is 12.1. The number of hydrogen-bond acceptors (Lipinski definition) is 4. The summed E-state index contributed by atoms with van der Waals surface area (Å²) in [5, 5.41) is 18.6. The van der Waals surface area contributed by atoms with Crippen molar-refractivity contribution in [2.24, 2.45) is 0 Å². The van der Waals surface area contributed by atoms with Gasteiger partial charge in [-0.1, -0.05) is 30.4 Å². The van der Waals surface area contributed by atoms with Crippen LogP contribution in [0.25, 0.3) is 12.2 Å². The largest absolute Gasteiger partial charge is 0.504 e. The first-order chi connectivity index (χ1) is 10.6. The molecule has 0 atom stereocenters. The molecule has 0 radical (unpaired) electrons. The highest BCUT2D eigenvalue weighted by Gasteiger charge is 1.98. The molecule has 4 heteroatoms. The van der Waals surface area contributed by atoms with Crippen molar-refractivity contribution in [2.75, 3.05) is 7.11 Å². The summed E-state index contributed by atoms with van der Waals surface area (Å²) in [4.78, 5) is 11.8. The van der Waals surface area contributed by atoms with E-state index in [4.69, 9.17) is 4.74 Å². The highest BCUT2D eigenvalue weighted by molar-refractivity contribution is 6.04. The lowest BCUT2D eigenvalue weighted by Gasteiger charge is -1.99. The molecular formula is C18H16O4. The summed E-state index contributed by atoms with van der Waals surface area (Å²) >= 11 is 0. The number of methoxy groups -OCH3 is 1. The van der Waals surface area contributed by atoms with Crippen LogP contribution in [0.5, 0.6) is 17.2 Å². The minimum Gasteiger partial charge on any atom is -0.504 e. The van der Waals surface area contributed by atoms with Gasteiger partial charge in [-0.15, -0.1) is 0 Å². The lowest BCUT2D eigenvalue weighted by Crippen LogP contribution is -1.85. The zero-order chi connectivity index (χ0) is 15.9. The van der Waals surface area contributed by atoms with Gasteiger partial charge in [-0.05, 0) is 47.5 Å². The van der Waals surface area contributed by atoms with Crippen LogP contribution in [-0.2, 0) is 4.79 Å². The van der Waals surface area contributed by atoms with E-state index >= 15 is 0 Å². The molecule has 0 saturated heterocycles. The van der Waals surface area contributed by atoms with Gasteiger partial charge in [-0.3, -0.25) is 4.79 Å². The molecule has 0 spiro atoms. The van der Waals surface area contributed by atoms with Crippen molar-refractivity contribution in [3.05, 3.63) is 65.7 Å². The lowest BCUT2D eigenvalue weighted by molar-refractivity contribution is -0.110. The van der Waals surface area contributed by atoms with Gasteiger partial charge in [0, 0.05) is 0 Å². The van der Waals surface area contributed by atoms with Crippen molar-refractivity contribution < 1.29 is 19.7 Å². The van der Waals surface area contributed by atoms with Crippen LogP contribution < -0.4 is 4.74 Å². The van der Waals surface area contributed by atoms with Gasteiger partial charge in [0.05, 0.1) is 7.11 Å². The zero-order valence-corrected chi connectivity index (χ0v) is 12.1. The number of benzene rings is 2. The van der Waals surface area contributed by atoms with E-state index in [2.05, 4.69) is 0 Å². The Morgan fingerprint density at radius 3 is 2.09 bits per heavy atom. The number of ketones is 1. The average Bonchev–Trinajstić information content (AvgIpc) is 2.54. The molecule has 22 heavy (non-hydrogen) atoms. The summed E-state index contributed by atoms with van der Waals surface area (Å²) in [7, 11) is 1.60. The predicted octanol–water partition coefficient (Wildman–Crippen LogP) is 3.40. The fraction of sp³-hybridized carbons (Fsp3) is 0.0556. The van der Waals surface area contributed by atoms with Gasteiger partial charge in [0.25, 0.3) is 0 Å². The predicted molar refractivity (Wildman–Crippen MR) is 85.8 cm³/mol. The molecule has 2 N–H and O–H groups in total. The summed E-state index contributed by atoms with van der Waals surface area (Å²) in [5.74, 6) is 0.171. The summed E-state index contributed by atoms with van der Waals surface area (Å²) in [5.41, 5.74) is 1.52. The van der Waals surface area contributed by atoms with Crippen molar-refractivity contribution in [3.63, 3.8) is 0 Å². The van der Waals surface area contributed by atoms with Gasteiger partial charge < -0.3 is 14.9 Å². The summed E-state index contributed by atoms with van der Waals surface area (Å²) < 4.78 is 5.06. The Hall–Kier alpha value is -3.01. The quantitative estimate of drug-likeness (QED) is 0.655. The molecule has 4 nitrogen and oxygen atoms in total. The third-order valence-corrected chi connectivity index (χ3v) is 3.00. The van der Waals surface area contributed by atoms with E-state index in [1.54, 1.807) is 25.3 Å². The maximum atomic E-state index is 11.8. The molecule has 0 aliphatic rings. The Labute approximate surface area is 128 Å². The van der Waals surface area contributed by atoms with Crippen molar-refractivity contribution in [1.82, 2.24) is 0 Å². The number of carbonyl (C=O) groups is 1. The number of phenols is 2. The summed E-state index contributed by atoms with van der Waals surface area (Å²) in [6.07, 6.45) is 6.13. The van der Waals surface area contributed by atoms with Gasteiger partial charge in [0.1, 0.15) is 5.75 Å². The Balaban J connectivity index is 2.00. The fourth-order valence-corrected chi connectivity index (χ4v) is 1.77. The second kappa shape index (κ2) is 7.13. The third-order valence-electron chi connectivity index (χ3n) is 3.00. The number of ether oxygens (including phenoxy) is 1. The molecule has 0 fully saturated rings. The standard InChI is InChI=1S/C18H16O4/c1-22-16-9-4-13(5-10-16)2-7-15(19)8-3-14-6-11-17(20)18(21)12-14/h2-12,20-21H,1H3/b7-2+,8-3+. The number of hydrogen-bond donors (Lipinski definition) is 2. The van der Waals surface area contributed by atoms with E-state index < -0.39 is 0 Å². The summed E-state index contributed by atoms with van der Waals surface area (Å²) in [6, 6.07) is 11.7. The van der Waals surface area contributed by atoms with Crippen molar-refractivity contribution in [2.45, 2.75) is 0 Å². The van der Waals surface area contributed by atoms with Gasteiger partial charge in [-0.25, -0.2) is 0 Å². The molecule has 2 aromatic carbocycles. The van der Waals surface area contributed by atoms with Crippen LogP contribution >= 0.6 is 0 Å². The third kappa shape index (κ3) is 4.24. The van der Waals surface area contributed by atoms with Crippen LogP contribution in [0, 0.1) is 0 Å². The van der Waals surface area contributed by atoms with Gasteiger partial charge >= 0.3 is 0 Å². The second-order valence-electron chi connectivity index (χ2n) is 4.59. The van der Waals surface area contributed by atoms with Crippen LogP contribution in [0.3, 0.4) is 0 Å². The smallest absolute Gasteiger partial charge is 0.178 e. The molecule has 0 aliphatic heterocycles. The lowest BCUT2D eigenvalue weighted by atomic mass is 10.1. The number of aromatic hydroxyl groups is 2. The van der Waals surface area contributed by atoms with E-state index in [9.17, 15) is 15.0 Å². The number of allylic oxidation sites excluding steroid dienone is 2. The maximum absolute atomic E-state index is 11.8. The van der Waals surface area contributed by atoms with E-state index in [0.717, 1.165) is 11.3 Å². The van der Waals surface area contributed by atoms with Gasteiger partial charge in [0.2, 0.25) is 0 Å². The average molecular weight is 296 g/mol. The van der Waals surface area contributed by atoms with Gasteiger partial charge in [-0.2, -0.15) is 0 Å². The topological polar surface area (TPSA) is 66.8 Å². The Bertz CT molecular complexity index is 712. The minimum absolute atomic E-state index is 0.177. The highest BCUT2D eigenvalue weighted by atomic mass is 16.5. The number of phenolic OH excluding ortho intramolecular Hbond substituents is 2. The first-order valence-corrected chi connectivity index (χ1v) is 6.64. The van der Waals surface area contributed by atoms with Crippen LogP contribution in [0.15, 0.2) is 54.6 Å². The SMILES string of the molecule is COc1ccc(/C=C/C(=O)/C=C/c2ccc(O)c(O)c2)cc1. The number of rotatable bonds is 5. The van der Waals surface area contributed by atoms with Crippen LogP contribution in [0.1, 0.15) is 11.1 Å². The van der Waals surface area contributed by atoms with E-state index in [0.29, 0.717) is 5.56 Å². The van der Waals surface area contributed by atoms with Crippen molar-refractivity contribution in [1.29, 1.82) is 0 Å². The van der Waals surface area contributed by atoms with Crippen LogP contribution in [0.2, 0.25) is 0 Å². The first kappa shape index (κ1) is 15.4. The molecule has 0 unspecified atom stereocenters. The molecule has 0 aromatic heterocycles. The molecule has 0 saturated carbocycles. The molecule has 112 valence electrons. The molecule has 0 heterocycles. The molecular weight excluding hydrogens is 280 g/mol.